The van der Waals surface area contributed by atoms with E-state index in [9.17, 15) is 0 Å². The lowest BCUT2D eigenvalue weighted by atomic mass is 10.3. The molecule has 0 radical (unpaired) electrons. The van der Waals surface area contributed by atoms with Gasteiger partial charge in [-0.3, -0.25) is 0 Å². The normalized spacial score (nSPS) is 10.4. The molecule has 0 aromatic rings. The Labute approximate surface area is 62.2 Å². The predicted molar refractivity (Wildman–Crippen MR) is 43.7 cm³/mol. The summed E-state index contributed by atoms with van der Waals surface area (Å²) in [6, 6.07) is 0. The summed E-state index contributed by atoms with van der Waals surface area (Å²) in [6.45, 7) is 5.70. The average Bonchev–Trinajstić information content (AvgIpc) is 1.80. The summed E-state index contributed by atoms with van der Waals surface area (Å²) in [4.78, 5) is 0. The Morgan fingerprint density at radius 2 is 2.22 bits per heavy atom. The van der Waals surface area contributed by atoms with Gasteiger partial charge in [-0.05, 0) is 19.3 Å². The molecular formula is C8H13Cl. The molecule has 0 amide bonds. The molecule has 0 aliphatic rings. The third kappa shape index (κ3) is 7.77. The van der Waals surface area contributed by atoms with Gasteiger partial charge >= 0.3 is 0 Å². The molecular weight excluding hydrogens is 132 g/mol. The monoisotopic (exact) mass is 144 g/mol. The van der Waals surface area contributed by atoms with Crippen LogP contribution in [0.1, 0.15) is 26.2 Å². The third-order valence-electron chi connectivity index (χ3n) is 0.985. The van der Waals surface area contributed by atoms with Gasteiger partial charge in [0.1, 0.15) is 0 Å². The molecule has 0 aliphatic heterocycles. The summed E-state index contributed by atoms with van der Waals surface area (Å²) in [5, 5.41) is 0.746. The SMILES string of the molecule is C=C(Cl)CC/C=C\CC. The maximum Gasteiger partial charge on any atom is 0.0112 e. The standard InChI is InChI=1S/C8H13Cl/c1-3-4-5-6-7-8(2)9/h4-5H,2-3,6-7H2,1H3/b5-4-. The highest BCUT2D eigenvalue weighted by atomic mass is 35.5. The molecule has 0 bridgehead atoms. The van der Waals surface area contributed by atoms with E-state index in [1.165, 1.54) is 0 Å². The topological polar surface area (TPSA) is 0 Å². The summed E-state index contributed by atoms with van der Waals surface area (Å²) in [7, 11) is 0. The highest BCUT2D eigenvalue weighted by Gasteiger charge is 1.82. The van der Waals surface area contributed by atoms with Gasteiger partial charge in [0.05, 0.1) is 0 Å². The fourth-order valence-corrected chi connectivity index (χ4v) is 0.634. The van der Waals surface area contributed by atoms with E-state index in [1.807, 2.05) is 0 Å². The zero-order valence-electron chi connectivity index (χ0n) is 5.86. The quantitative estimate of drug-likeness (QED) is 0.530. The van der Waals surface area contributed by atoms with Crippen molar-refractivity contribution in [3.05, 3.63) is 23.8 Å². The molecule has 9 heavy (non-hydrogen) atoms. The van der Waals surface area contributed by atoms with Crippen molar-refractivity contribution in [2.75, 3.05) is 0 Å². The van der Waals surface area contributed by atoms with Gasteiger partial charge in [-0.25, -0.2) is 0 Å². The molecule has 0 unspecified atom stereocenters. The van der Waals surface area contributed by atoms with Gasteiger partial charge in [0.2, 0.25) is 0 Å². The van der Waals surface area contributed by atoms with Gasteiger partial charge in [0, 0.05) is 5.03 Å². The van der Waals surface area contributed by atoms with Crippen molar-refractivity contribution in [1.82, 2.24) is 0 Å². The number of hydrogen-bond acceptors (Lipinski definition) is 0. The van der Waals surface area contributed by atoms with Crippen molar-refractivity contribution in [1.29, 1.82) is 0 Å². The summed E-state index contributed by atoms with van der Waals surface area (Å²) in [5.41, 5.74) is 0. The lowest BCUT2D eigenvalue weighted by Gasteiger charge is -1.88. The number of hydrogen-bond donors (Lipinski definition) is 0. The van der Waals surface area contributed by atoms with Crippen molar-refractivity contribution in [3.8, 4) is 0 Å². The van der Waals surface area contributed by atoms with Gasteiger partial charge in [-0.15, -0.1) is 0 Å². The summed E-state index contributed by atoms with van der Waals surface area (Å²) in [5.74, 6) is 0. The molecule has 0 saturated heterocycles. The minimum Gasteiger partial charge on any atom is -0.0898 e. The zero-order valence-corrected chi connectivity index (χ0v) is 6.62. The first-order chi connectivity index (χ1) is 4.27. The van der Waals surface area contributed by atoms with E-state index in [0.29, 0.717) is 0 Å². The Balaban J connectivity index is 3.09. The van der Waals surface area contributed by atoms with E-state index in [2.05, 4.69) is 25.7 Å². The second-order valence-corrected chi connectivity index (χ2v) is 2.47. The molecule has 0 heterocycles. The van der Waals surface area contributed by atoms with Crippen molar-refractivity contribution in [3.63, 3.8) is 0 Å². The molecule has 0 aliphatic carbocycles. The van der Waals surface area contributed by atoms with E-state index >= 15 is 0 Å². The second-order valence-electron chi connectivity index (χ2n) is 1.94. The number of rotatable bonds is 4. The van der Waals surface area contributed by atoms with Crippen LogP contribution in [0.15, 0.2) is 23.8 Å². The predicted octanol–water partition coefficient (Wildman–Crippen LogP) is 3.49. The molecule has 0 nitrogen and oxygen atoms in total. The third-order valence-corrected chi connectivity index (χ3v) is 1.17. The van der Waals surface area contributed by atoms with Crippen LogP contribution in [-0.4, -0.2) is 0 Å². The maximum absolute atomic E-state index is 5.53. The number of allylic oxidation sites excluding steroid dienone is 3. The van der Waals surface area contributed by atoms with Crippen LogP contribution in [0.5, 0.6) is 0 Å². The zero-order chi connectivity index (χ0) is 7.11. The van der Waals surface area contributed by atoms with Gasteiger partial charge in [-0.2, -0.15) is 0 Å². The Bertz CT molecular complexity index is 103. The first-order valence-corrected chi connectivity index (χ1v) is 3.63. The van der Waals surface area contributed by atoms with Crippen LogP contribution in [0, 0.1) is 0 Å². The molecule has 0 aromatic heterocycles. The van der Waals surface area contributed by atoms with Crippen LogP contribution < -0.4 is 0 Å². The van der Waals surface area contributed by atoms with Crippen molar-refractivity contribution >= 4 is 11.6 Å². The van der Waals surface area contributed by atoms with Gasteiger partial charge in [0.25, 0.3) is 0 Å². The molecule has 0 spiro atoms. The van der Waals surface area contributed by atoms with E-state index in [-0.39, 0.29) is 0 Å². The van der Waals surface area contributed by atoms with Crippen LogP contribution in [0.3, 0.4) is 0 Å². The average molecular weight is 145 g/mol. The Morgan fingerprint density at radius 1 is 1.56 bits per heavy atom. The highest BCUT2D eigenvalue weighted by molar-refractivity contribution is 6.29. The lowest BCUT2D eigenvalue weighted by Crippen LogP contribution is -1.67. The first-order valence-electron chi connectivity index (χ1n) is 3.25. The van der Waals surface area contributed by atoms with Crippen LogP contribution in [-0.2, 0) is 0 Å². The van der Waals surface area contributed by atoms with Gasteiger partial charge in [0.15, 0.2) is 0 Å². The second kappa shape index (κ2) is 5.90. The fraction of sp³-hybridized carbons (Fsp3) is 0.500. The lowest BCUT2D eigenvalue weighted by molar-refractivity contribution is 1.02. The van der Waals surface area contributed by atoms with Crippen molar-refractivity contribution in [2.45, 2.75) is 26.2 Å². The minimum atomic E-state index is 0.746. The molecule has 0 atom stereocenters. The molecule has 0 N–H and O–H groups in total. The molecule has 0 aromatic carbocycles. The highest BCUT2D eigenvalue weighted by Crippen LogP contribution is 2.06. The minimum absolute atomic E-state index is 0.746. The van der Waals surface area contributed by atoms with E-state index in [4.69, 9.17) is 11.6 Å². The van der Waals surface area contributed by atoms with E-state index in [0.717, 1.165) is 24.3 Å². The number of halogens is 1. The first kappa shape index (κ1) is 8.77. The van der Waals surface area contributed by atoms with Crippen LogP contribution in [0.25, 0.3) is 0 Å². The fourth-order valence-electron chi connectivity index (χ4n) is 0.524. The van der Waals surface area contributed by atoms with E-state index in [1.54, 1.807) is 0 Å². The molecule has 0 rings (SSSR count). The van der Waals surface area contributed by atoms with E-state index < -0.39 is 0 Å². The smallest absolute Gasteiger partial charge is 0.0112 e. The largest absolute Gasteiger partial charge is 0.0898 e. The van der Waals surface area contributed by atoms with Gasteiger partial charge in [-0.1, -0.05) is 37.3 Å². The van der Waals surface area contributed by atoms with Crippen LogP contribution in [0.2, 0.25) is 0 Å². The van der Waals surface area contributed by atoms with Gasteiger partial charge < -0.3 is 0 Å². The van der Waals surface area contributed by atoms with Crippen LogP contribution in [0.4, 0.5) is 0 Å². The summed E-state index contributed by atoms with van der Waals surface area (Å²) >= 11 is 5.53. The van der Waals surface area contributed by atoms with Crippen LogP contribution >= 0.6 is 11.6 Å². The molecule has 0 saturated carbocycles. The Morgan fingerprint density at radius 3 is 2.67 bits per heavy atom. The van der Waals surface area contributed by atoms with Crippen molar-refractivity contribution < 1.29 is 0 Å². The maximum atomic E-state index is 5.53. The Kier molecular flexibility index (Phi) is 5.75. The molecule has 0 fully saturated rings. The Hall–Kier alpha value is -0.230. The summed E-state index contributed by atoms with van der Waals surface area (Å²) < 4.78 is 0. The molecule has 52 valence electrons. The molecule has 1 heteroatoms. The summed E-state index contributed by atoms with van der Waals surface area (Å²) in [6.07, 6.45) is 7.30. The van der Waals surface area contributed by atoms with Crippen molar-refractivity contribution in [2.24, 2.45) is 0 Å².